The predicted molar refractivity (Wildman–Crippen MR) is 60.6 cm³/mol. The Balaban J connectivity index is 3.24. The zero-order valence-corrected chi connectivity index (χ0v) is 9.89. The summed E-state index contributed by atoms with van der Waals surface area (Å²) < 4.78 is 0. The molecule has 0 saturated carbocycles. The highest BCUT2D eigenvalue weighted by molar-refractivity contribution is 6.30. The van der Waals surface area contributed by atoms with E-state index in [2.05, 4.69) is 0 Å². The molecule has 0 aromatic heterocycles. The van der Waals surface area contributed by atoms with Gasteiger partial charge >= 0.3 is 0 Å². The minimum absolute atomic E-state index is 0.166. The minimum atomic E-state index is -0.811. The summed E-state index contributed by atoms with van der Waals surface area (Å²) in [4.78, 5) is 0. The Bertz CT molecular complexity index is 329. The summed E-state index contributed by atoms with van der Waals surface area (Å²) in [6.45, 7) is 7.82. The molecule has 2 heteroatoms. The molecule has 1 N–H and O–H groups in total. The first-order chi connectivity index (χ1) is 6.35. The molecular weight excluding hydrogens is 196 g/mol. The molecule has 0 aliphatic heterocycles. The van der Waals surface area contributed by atoms with Gasteiger partial charge in [-0.3, -0.25) is 0 Å². The van der Waals surface area contributed by atoms with Crippen molar-refractivity contribution >= 4 is 11.6 Å². The number of aryl methyl sites for hydroxylation is 1. The lowest BCUT2D eigenvalue weighted by molar-refractivity contribution is 0.00848. The van der Waals surface area contributed by atoms with Crippen molar-refractivity contribution in [1.82, 2.24) is 0 Å². The Labute approximate surface area is 90.7 Å². The number of benzene rings is 1. The SMILES string of the molecule is Cc1ccc(Cl)cc1[C@](C)(O)C(C)C. The third-order valence-corrected chi connectivity index (χ3v) is 3.10. The Morgan fingerprint density at radius 1 is 1.36 bits per heavy atom. The van der Waals surface area contributed by atoms with Crippen LogP contribution in [0.1, 0.15) is 31.9 Å². The van der Waals surface area contributed by atoms with Crippen LogP contribution in [0.3, 0.4) is 0 Å². The second-order valence-corrected chi connectivity index (χ2v) is 4.70. The zero-order valence-electron chi connectivity index (χ0n) is 9.13. The number of aliphatic hydroxyl groups is 1. The quantitative estimate of drug-likeness (QED) is 0.796. The first-order valence-corrected chi connectivity index (χ1v) is 5.22. The number of halogens is 1. The molecule has 1 rings (SSSR count). The fourth-order valence-corrected chi connectivity index (χ4v) is 1.62. The maximum atomic E-state index is 10.3. The van der Waals surface area contributed by atoms with Crippen LogP contribution >= 0.6 is 11.6 Å². The first kappa shape index (κ1) is 11.5. The average Bonchev–Trinajstić information content (AvgIpc) is 2.08. The van der Waals surface area contributed by atoms with Gasteiger partial charge in [-0.15, -0.1) is 0 Å². The molecule has 1 atom stereocenters. The van der Waals surface area contributed by atoms with E-state index in [9.17, 15) is 5.11 Å². The molecule has 0 aliphatic rings. The van der Waals surface area contributed by atoms with Crippen molar-refractivity contribution in [2.24, 2.45) is 5.92 Å². The van der Waals surface area contributed by atoms with Gasteiger partial charge in [0.05, 0.1) is 5.60 Å². The van der Waals surface area contributed by atoms with Gasteiger partial charge in [-0.05, 0) is 43.0 Å². The average molecular weight is 213 g/mol. The molecule has 0 bridgehead atoms. The van der Waals surface area contributed by atoms with Crippen molar-refractivity contribution < 1.29 is 5.11 Å². The largest absolute Gasteiger partial charge is 0.385 e. The number of hydrogen-bond acceptors (Lipinski definition) is 1. The van der Waals surface area contributed by atoms with E-state index in [-0.39, 0.29) is 5.92 Å². The fraction of sp³-hybridized carbons (Fsp3) is 0.500. The van der Waals surface area contributed by atoms with E-state index in [1.165, 1.54) is 0 Å². The van der Waals surface area contributed by atoms with Crippen LogP contribution in [0.5, 0.6) is 0 Å². The molecule has 78 valence electrons. The predicted octanol–water partition coefficient (Wildman–Crippen LogP) is 3.51. The van der Waals surface area contributed by atoms with Crippen LogP contribution in [-0.4, -0.2) is 5.11 Å². The van der Waals surface area contributed by atoms with Gasteiger partial charge in [0.2, 0.25) is 0 Å². The lowest BCUT2D eigenvalue weighted by Gasteiger charge is -2.30. The van der Waals surface area contributed by atoms with Crippen LogP contribution in [0, 0.1) is 12.8 Å². The van der Waals surface area contributed by atoms with E-state index in [4.69, 9.17) is 11.6 Å². The standard InChI is InChI=1S/C12H17ClO/c1-8(2)12(4,14)11-7-10(13)6-5-9(11)3/h5-8,14H,1-4H3/t12-/m1/s1. The van der Waals surface area contributed by atoms with Crippen LogP contribution < -0.4 is 0 Å². The maximum absolute atomic E-state index is 10.3. The molecule has 14 heavy (non-hydrogen) atoms. The molecule has 0 fully saturated rings. The second-order valence-electron chi connectivity index (χ2n) is 4.26. The van der Waals surface area contributed by atoms with Gasteiger partial charge in [0.15, 0.2) is 0 Å². The highest BCUT2D eigenvalue weighted by Crippen LogP contribution is 2.32. The topological polar surface area (TPSA) is 20.2 Å². The highest BCUT2D eigenvalue weighted by atomic mass is 35.5. The highest BCUT2D eigenvalue weighted by Gasteiger charge is 2.28. The summed E-state index contributed by atoms with van der Waals surface area (Å²) >= 11 is 5.92. The fourth-order valence-electron chi connectivity index (χ4n) is 1.45. The maximum Gasteiger partial charge on any atom is 0.0894 e. The van der Waals surface area contributed by atoms with Gasteiger partial charge in [-0.1, -0.05) is 31.5 Å². The Morgan fingerprint density at radius 3 is 2.43 bits per heavy atom. The first-order valence-electron chi connectivity index (χ1n) is 4.84. The van der Waals surface area contributed by atoms with Gasteiger partial charge in [0.25, 0.3) is 0 Å². The molecule has 1 nitrogen and oxygen atoms in total. The molecule has 0 radical (unpaired) electrons. The Kier molecular flexibility index (Phi) is 3.23. The molecule has 1 aromatic carbocycles. The van der Waals surface area contributed by atoms with Gasteiger partial charge < -0.3 is 5.11 Å². The van der Waals surface area contributed by atoms with Crippen molar-refractivity contribution in [3.63, 3.8) is 0 Å². The van der Waals surface area contributed by atoms with E-state index >= 15 is 0 Å². The summed E-state index contributed by atoms with van der Waals surface area (Å²) in [5.74, 6) is 0.166. The molecule has 0 unspecified atom stereocenters. The monoisotopic (exact) mass is 212 g/mol. The summed E-state index contributed by atoms with van der Waals surface area (Å²) in [7, 11) is 0. The van der Waals surface area contributed by atoms with Crippen molar-refractivity contribution in [3.05, 3.63) is 34.3 Å². The molecule has 0 heterocycles. The number of hydrogen-bond donors (Lipinski definition) is 1. The third-order valence-electron chi connectivity index (χ3n) is 2.87. The van der Waals surface area contributed by atoms with Gasteiger partial charge in [0.1, 0.15) is 0 Å². The van der Waals surface area contributed by atoms with Gasteiger partial charge in [0, 0.05) is 5.02 Å². The normalized spacial score (nSPS) is 15.6. The van der Waals surface area contributed by atoms with Crippen molar-refractivity contribution in [1.29, 1.82) is 0 Å². The van der Waals surface area contributed by atoms with E-state index in [1.54, 1.807) is 0 Å². The van der Waals surface area contributed by atoms with Crippen molar-refractivity contribution in [3.8, 4) is 0 Å². The third kappa shape index (κ3) is 2.10. The van der Waals surface area contributed by atoms with Crippen molar-refractivity contribution in [2.45, 2.75) is 33.3 Å². The summed E-state index contributed by atoms with van der Waals surface area (Å²) in [5.41, 5.74) is 1.18. The Hall–Kier alpha value is -0.530. The van der Waals surface area contributed by atoms with Crippen LogP contribution in [0.2, 0.25) is 5.02 Å². The molecule has 0 saturated heterocycles. The van der Waals surface area contributed by atoms with Crippen molar-refractivity contribution in [2.75, 3.05) is 0 Å². The lowest BCUT2D eigenvalue weighted by Crippen LogP contribution is -2.28. The Morgan fingerprint density at radius 2 is 1.93 bits per heavy atom. The zero-order chi connectivity index (χ0) is 10.9. The summed E-state index contributed by atoms with van der Waals surface area (Å²) in [5, 5.41) is 11.0. The minimum Gasteiger partial charge on any atom is -0.385 e. The molecule has 0 aliphatic carbocycles. The molecule has 1 aromatic rings. The smallest absolute Gasteiger partial charge is 0.0894 e. The van der Waals surface area contributed by atoms with E-state index in [1.807, 2.05) is 45.9 Å². The summed E-state index contributed by atoms with van der Waals surface area (Å²) in [6, 6.07) is 5.63. The second kappa shape index (κ2) is 3.92. The van der Waals surface area contributed by atoms with Crippen LogP contribution in [0.4, 0.5) is 0 Å². The molecular formula is C12H17ClO. The lowest BCUT2D eigenvalue weighted by atomic mass is 9.83. The molecule has 0 spiro atoms. The number of rotatable bonds is 2. The van der Waals surface area contributed by atoms with E-state index in [0.29, 0.717) is 5.02 Å². The van der Waals surface area contributed by atoms with E-state index < -0.39 is 5.60 Å². The van der Waals surface area contributed by atoms with Crippen LogP contribution in [-0.2, 0) is 5.60 Å². The summed E-state index contributed by atoms with van der Waals surface area (Å²) in [6.07, 6.45) is 0. The van der Waals surface area contributed by atoms with Crippen LogP contribution in [0.25, 0.3) is 0 Å². The van der Waals surface area contributed by atoms with E-state index in [0.717, 1.165) is 11.1 Å². The van der Waals surface area contributed by atoms with Crippen LogP contribution in [0.15, 0.2) is 18.2 Å². The van der Waals surface area contributed by atoms with Gasteiger partial charge in [-0.2, -0.15) is 0 Å². The van der Waals surface area contributed by atoms with Gasteiger partial charge in [-0.25, -0.2) is 0 Å². The molecule has 0 amide bonds.